The monoisotopic (exact) mass is 388 g/mol. The van der Waals surface area contributed by atoms with Gasteiger partial charge in [-0.2, -0.15) is 0 Å². The molecular weight excluding hydrogens is 362 g/mol. The summed E-state index contributed by atoms with van der Waals surface area (Å²) in [5.41, 5.74) is 1.02. The average Bonchev–Trinajstić information content (AvgIpc) is 2.69. The summed E-state index contributed by atoms with van der Waals surface area (Å²) in [5, 5.41) is 2.37. The summed E-state index contributed by atoms with van der Waals surface area (Å²) in [6.45, 7) is 3.47. The molecule has 5 heteroatoms. The Labute approximate surface area is 167 Å². The number of carbonyl (C=O) groups excluding carboxylic acids is 1. The molecule has 0 bridgehead atoms. The predicted molar refractivity (Wildman–Crippen MR) is 102 cm³/mol. The summed E-state index contributed by atoms with van der Waals surface area (Å²) in [5.74, 6) is -0.106. The molecule has 1 saturated heterocycles. The highest BCUT2D eigenvalue weighted by molar-refractivity contribution is 5.84. The van der Waals surface area contributed by atoms with Crippen LogP contribution in [0, 0.1) is 0 Å². The van der Waals surface area contributed by atoms with Crippen LogP contribution in [0.2, 0.25) is 0 Å². The molecule has 2 aliphatic rings. The molecule has 2 atom stereocenters. The lowest BCUT2D eigenvalue weighted by Crippen LogP contribution is -3.00. The van der Waals surface area contributed by atoms with Gasteiger partial charge in [-0.15, -0.1) is 0 Å². The van der Waals surface area contributed by atoms with E-state index in [1.54, 1.807) is 0 Å². The third kappa shape index (κ3) is 5.01. The number of morpholine rings is 1. The van der Waals surface area contributed by atoms with E-state index >= 15 is 0 Å². The number of fused-ring (bicyclic) bond motifs is 1. The highest BCUT2D eigenvalue weighted by Gasteiger charge is 2.33. The van der Waals surface area contributed by atoms with Crippen LogP contribution in [0.5, 0.6) is 0 Å². The molecule has 2 aromatic rings. The molecule has 2 unspecified atom stereocenters. The van der Waals surface area contributed by atoms with Gasteiger partial charge in [0.1, 0.15) is 6.10 Å². The van der Waals surface area contributed by atoms with Gasteiger partial charge in [-0.1, -0.05) is 48.9 Å². The van der Waals surface area contributed by atoms with Crippen molar-refractivity contribution < 1.29 is 26.7 Å². The third-order valence-electron chi connectivity index (χ3n) is 5.63. The van der Waals surface area contributed by atoms with Crippen molar-refractivity contribution in [2.75, 3.05) is 26.3 Å². The lowest BCUT2D eigenvalue weighted by molar-refractivity contribution is -0.155. The maximum atomic E-state index is 12.6. The topological polar surface area (TPSA) is 38.8 Å². The maximum Gasteiger partial charge on any atom is 0.310 e. The summed E-state index contributed by atoms with van der Waals surface area (Å²) < 4.78 is 11.4. The SMILES string of the molecule is O=C(Cc1ccc2ccccc2c1)OC1CCCCC1N1CCOCC1.[Cl-]. The van der Waals surface area contributed by atoms with Gasteiger partial charge in [0.2, 0.25) is 0 Å². The van der Waals surface area contributed by atoms with Crippen molar-refractivity contribution in [3.8, 4) is 0 Å². The fourth-order valence-corrected chi connectivity index (χ4v) is 4.27. The molecule has 0 radical (unpaired) electrons. The fraction of sp³-hybridized carbons (Fsp3) is 0.500. The molecule has 1 aliphatic carbocycles. The van der Waals surface area contributed by atoms with E-state index in [4.69, 9.17) is 9.47 Å². The quantitative estimate of drug-likeness (QED) is 0.718. The standard InChI is InChI=1S/C22H27NO3.ClH/c24-22(16-17-9-10-18-5-1-2-6-19(18)15-17)26-21-8-4-3-7-20(21)23-11-13-25-14-12-23;/h1-2,5-6,9-10,15,20-21H,3-4,7-8,11-14,16H2;1H/p-1. The summed E-state index contributed by atoms with van der Waals surface area (Å²) in [6, 6.07) is 14.8. The fourth-order valence-electron chi connectivity index (χ4n) is 4.27. The maximum absolute atomic E-state index is 12.6. The number of nitrogens with zero attached hydrogens (tertiary/aromatic N) is 1. The molecule has 146 valence electrons. The van der Waals surface area contributed by atoms with Gasteiger partial charge in [0.15, 0.2) is 0 Å². The summed E-state index contributed by atoms with van der Waals surface area (Å²) in [6.07, 6.45) is 4.83. The van der Waals surface area contributed by atoms with Crippen LogP contribution in [0.15, 0.2) is 42.5 Å². The van der Waals surface area contributed by atoms with Gasteiger partial charge in [-0.05, 0) is 35.6 Å². The molecule has 0 aromatic heterocycles. The van der Waals surface area contributed by atoms with Crippen molar-refractivity contribution in [2.45, 2.75) is 44.2 Å². The number of ether oxygens (including phenoxy) is 2. The van der Waals surface area contributed by atoms with Gasteiger partial charge in [0.25, 0.3) is 0 Å². The van der Waals surface area contributed by atoms with Crippen LogP contribution >= 0.6 is 0 Å². The van der Waals surface area contributed by atoms with E-state index < -0.39 is 0 Å². The third-order valence-corrected chi connectivity index (χ3v) is 5.63. The molecule has 0 amide bonds. The minimum atomic E-state index is -0.106. The lowest BCUT2D eigenvalue weighted by atomic mass is 9.91. The van der Waals surface area contributed by atoms with E-state index in [9.17, 15) is 4.79 Å². The van der Waals surface area contributed by atoms with Gasteiger partial charge in [-0.25, -0.2) is 0 Å². The van der Waals surface area contributed by atoms with Crippen molar-refractivity contribution in [1.29, 1.82) is 0 Å². The van der Waals surface area contributed by atoms with Gasteiger partial charge in [-0.3, -0.25) is 9.69 Å². The van der Waals surface area contributed by atoms with Gasteiger partial charge in [0, 0.05) is 19.1 Å². The number of benzene rings is 2. The first-order chi connectivity index (χ1) is 12.8. The number of halogens is 1. The van der Waals surface area contributed by atoms with Crippen LogP contribution in [0.4, 0.5) is 0 Å². The molecule has 27 heavy (non-hydrogen) atoms. The number of hydrogen-bond donors (Lipinski definition) is 0. The Bertz CT molecular complexity index is 760. The van der Waals surface area contributed by atoms with Gasteiger partial charge in [0.05, 0.1) is 19.6 Å². The largest absolute Gasteiger partial charge is 1.00 e. The zero-order chi connectivity index (χ0) is 17.8. The molecule has 1 heterocycles. The lowest BCUT2D eigenvalue weighted by Gasteiger charge is -2.41. The summed E-state index contributed by atoms with van der Waals surface area (Å²) in [7, 11) is 0. The Morgan fingerprint density at radius 1 is 1.04 bits per heavy atom. The Morgan fingerprint density at radius 3 is 2.59 bits per heavy atom. The second kappa shape index (κ2) is 9.54. The van der Waals surface area contributed by atoms with E-state index in [2.05, 4.69) is 29.2 Å². The zero-order valence-corrected chi connectivity index (χ0v) is 16.4. The van der Waals surface area contributed by atoms with Crippen LogP contribution < -0.4 is 12.4 Å². The highest BCUT2D eigenvalue weighted by atomic mass is 35.5. The minimum absolute atomic E-state index is 0. The Balaban J connectivity index is 0.00000210. The molecular formula is C22H27ClNO3-. The Morgan fingerprint density at radius 2 is 1.78 bits per heavy atom. The van der Waals surface area contributed by atoms with Crippen molar-refractivity contribution in [3.63, 3.8) is 0 Å². The molecule has 4 nitrogen and oxygen atoms in total. The van der Waals surface area contributed by atoms with Gasteiger partial charge >= 0.3 is 5.97 Å². The first kappa shape index (κ1) is 20.1. The van der Waals surface area contributed by atoms with Crippen LogP contribution in [0.25, 0.3) is 10.8 Å². The van der Waals surface area contributed by atoms with Crippen LogP contribution in [-0.4, -0.2) is 49.3 Å². The van der Waals surface area contributed by atoms with Gasteiger partial charge < -0.3 is 21.9 Å². The normalized spacial score (nSPS) is 23.6. The van der Waals surface area contributed by atoms with Crippen LogP contribution in [0.3, 0.4) is 0 Å². The highest BCUT2D eigenvalue weighted by Crippen LogP contribution is 2.27. The smallest absolute Gasteiger partial charge is 0.310 e. The first-order valence-corrected chi connectivity index (χ1v) is 9.78. The second-order valence-electron chi connectivity index (χ2n) is 7.39. The summed E-state index contributed by atoms with van der Waals surface area (Å²) in [4.78, 5) is 15.0. The van der Waals surface area contributed by atoms with E-state index in [-0.39, 0.29) is 24.5 Å². The predicted octanol–water partition coefficient (Wildman–Crippen LogP) is 0.573. The molecule has 2 fully saturated rings. The molecule has 4 rings (SSSR count). The number of hydrogen-bond acceptors (Lipinski definition) is 4. The average molecular weight is 389 g/mol. The van der Waals surface area contributed by atoms with E-state index in [1.807, 2.05) is 18.2 Å². The summed E-state index contributed by atoms with van der Waals surface area (Å²) >= 11 is 0. The molecule has 0 N–H and O–H groups in total. The number of carbonyl (C=O) groups is 1. The number of esters is 1. The Hall–Kier alpha value is -1.62. The first-order valence-electron chi connectivity index (χ1n) is 9.78. The Kier molecular flexibility index (Phi) is 7.11. The molecule has 1 aliphatic heterocycles. The molecule has 2 aromatic carbocycles. The van der Waals surface area contributed by atoms with Crippen molar-refractivity contribution in [1.82, 2.24) is 4.90 Å². The van der Waals surface area contributed by atoms with Crippen LogP contribution in [-0.2, 0) is 20.7 Å². The van der Waals surface area contributed by atoms with E-state index in [0.717, 1.165) is 51.1 Å². The molecule has 1 saturated carbocycles. The number of rotatable bonds is 4. The van der Waals surface area contributed by atoms with Crippen molar-refractivity contribution in [2.24, 2.45) is 0 Å². The van der Waals surface area contributed by atoms with Crippen molar-refractivity contribution >= 4 is 16.7 Å². The van der Waals surface area contributed by atoms with Crippen molar-refractivity contribution in [3.05, 3.63) is 48.0 Å². The van der Waals surface area contributed by atoms with Crippen LogP contribution in [0.1, 0.15) is 31.2 Å². The molecule has 0 spiro atoms. The second-order valence-corrected chi connectivity index (χ2v) is 7.39. The minimum Gasteiger partial charge on any atom is -1.00 e. The van der Waals surface area contributed by atoms with E-state index in [1.165, 1.54) is 17.2 Å². The zero-order valence-electron chi connectivity index (χ0n) is 15.6. The van der Waals surface area contributed by atoms with E-state index in [0.29, 0.717) is 12.5 Å².